The second-order valence-corrected chi connectivity index (χ2v) is 8.19. The molecule has 0 aromatic heterocycles. The Labute approximate surface area is 143 Å². The highest BCUT2D eigenvalue weighted by atomic mass is 28.4. The molecule has 1 aromatic rings. The van der Waals surface area contributed by atoms with Crippen molar-refractivity contribution in [2.75, 3.05) is 19.8 Å². The maximum absolute atomic E-state index is 12.7. The van der Waals surface area contributed by atoms with Crippen LogP contribution in [0, 0.1) is 0 Å². The lowest BCUT2D eigenvalue weighted by Gasteiger charge is -2.29. The molecule has 0 N–H and O–H groups in total. The molecule has 1 rings (SSSR count). The molecule has 0 aliphatic heterocycles. The molecule has 0 spiro atoms. The Morgan fingerprint density at radius 1 is 0.792 bits per heavy atom. The zero-order valence-corrected chi connectivity index (χ0v) is 15.6. The fourth-order valence-corrected chi connectivity index (χ4v) is 4.95. The lowest BCUT2D eigenvalue weighted by Crippen LogP contribution is -2.49. The molecule has 0 heterocycles. The zero-order chi connectivity index (χ0) is 18.1. The summed E-state index contributed by atoms with van der Waals surface area (Å²) in [4.78, 5) is 0. The molecule has 24 heavy (non-hydrogen) atoms. The van der Waals surface area contributed by atoms with Crippen LogP contribution in [-0.2, 0) is 25.5 Å². The first-order valence-electron chi connectivity index (χ1n) is 8.45. The highest BCUT2D eigenvalue weighted by Gasteiger charge is 2.41. The third-order valence-electron chi connectivity index (χ3n) is 3.28. The molecule has 0 radical (unpaired) electrons. The maximum Gasteiger partial charge on any atom is 0.505 e. The zero-order valence-electron chi connectivity index (χ0n) is 14.6. The van der Waals surface area contributed by atoms with Gasteiger partial charge in [0.15, 0.2) is 0 Å². The summed E-state index contributed by atoms with van der Waals surface area (Å²) in [5.74, 6) is 0. The Kier molecular flexibility index (Phi) is 8.97. The number of halogens is 3. The highest BCUT2D eigenvalue weighted by Crippen LogP contribution is 2.29. The van der Waals surface area contributed by atoms with Crippen LogP contribution in [0.3, 0.4) is 0 Å². The Hall–Kier alpha value is -0.893. The number of hydrogen-bond donors (Lipinski definition) is 0. The van der Waals surface area contributed by atoms with Gasteiger partial charge in [0.25, 0.3) is 0 Å². The van der Waals surface area contributed by atoms with Gasteiger partial charge in [-0.05, 0) is 37.0 Å². The normalized spacial score (nSPS) is 12.6. The molecule has 0 atom stereocenters. The minimum Gasteiger partial charge on any atom is -0.373 e. The molecule has 0 saturated carbocycles. The van der Waals surface area contributed by atoms with E-state index in [2.05, 4.69) is 0 Å². The van der Waals surface area contributed by atoms with Crippen LogP contribution in [0.4, 0.5) is 13.2 Å². The Morgan fingerprint density at radius 3 is 1.54 bits per heavy atom. The van der Waals surface area contributed by atoms with Gasteiger partial charge in [-0.25, -0.2) is 0 Å². The van der Waals surface area contributed by atoms with Gasteiger partial charge in [-0.1, -0.05) is 32.9 Å². The first-order valence-corrected chi connectivity index (χ1v) is 10.4. The van der Waals surface area contributed by atoms with E-state index in [4.69, 9.17) is 13.3 Å². The van der Waals surface area contributed by atoms with Crippen molar-refractivity contribution in [1.29, 1.82) is 0 Å². The van der Waals surface area contributed by atoms with Crippen molar-refractivity contribution >= 4 is 8.80 Å². The molecule has 0 aliphatic carbocycles. The first-order chi connectivity index (χ1) is 11.4. The van der Waals surface area contributed by atoms with E-state index in [9.17, 15) is 13.2 Å². The Balaban J connectivity index is 2.95. The van der Waals surface area contributed by atoms with E-state index in [1.54, 1.807) is 0 Å². The summed E-state index contributed by atoms with van der Waals surface area (Å²) in [7, 11) is -2.94. The van der Waals surface area contributed by atoms with E-state index in [-0.39, 0.29) is 0 Å². The Bertz CT molecular complexity index is 441. The van der Waals surface area contributed by atoms with Crippen LogP contribution in [0.2, 0.25) is 0 Å². The van der Waals surface area contributed by atoms with Crippen LogP contribution < -0.4 is 0 Å². The molecular formula is C17H27F3O3Si. The van der Waals surface area contributed by atoms with E-state index in [0.29, 0.717) is 25.9 Å². The lowest BCUT2D eigenvalue weighted by atomic mass is 10.1. The number of rotatable bonds is 11. The van der Waals surface area contributed by atoms with Crippen molar-refractivity contribution in [3.05, 3.63) is 35.4 Å². The van der Waals surface area contributed by atoms with Gasteiger partial charge in [0.05, 0.1) is 5.56 Å². The predicted octanol–water partition coefficient (Wildman–Crippen LogP) is 5.01. The third kappa shape index (κ3) is 6.92. The SMILES string of the molecule is CCCO[Si](Cc1ccc(C(F)(F)F)cc1)(OCCC)OCCC. The maximum atomic E-state index is 12.7. The van der Waals surface area contributed by atoms with Crippen molar-refractivity contribution in [3.8, 4) is 0 Å². The summed E-state index contributed by atoms with van der Waals surface area (Å²) in [6, 6.07) is 5.52. The van der Waals surface area contributed by atoms with Crippen molar-refractivity contribution in [2.45, 2.75) is 52.3 Å². The minimum atomic E-state index is -4.33. The van der Waals surface area contributed by atoms with E-state index in [1.807, 2.05) is 20.8 Å². The van der Waals surface area contributed by atoms with Crippen LogP contribution >= 0.6 is 0 Å². The van der Waals surface area contributed by atoms with Gasteiger partial charge in [-0.2, -0.15) is 13.2 Å². The van der Waals surface area contributed by atoms with Crippen LogP contribution in [0.1, 0.15) is 51.2 Å². The number of benzene rings is 1. The van der Waals surface area contributed by atoms with Gasteiger partial charge < -0.3 is 13.3 Å². The van der Waals surface area contributed by atoms with Gasteiger partial charge in [-0.3, -0.25) is 0 Å². The van der Waals surface area contributed by atoms with Crippen molar-refractivity contribution in [2.24, 2.45) is 0 Å². The summed E-state index contributed by atoms with van der Waals surface area (Å²) in [5, 5.41) is 0. The summed E-state index contributed by atoms with van der Waals surface area (Å²) in [6.45, 7) is 7.53. The monoisotopic (exact) mass is 364 g/mol. The molecule has 1 aromatic carbocycles. The van der Waals surface area contributed by atoms with Crippen molar-refractivity contribution in [3.63, 3.8) is 0 Å². The molecule has 0 aliphatic rings. The van der Waals surface area contributed by atoms with Gasteiger partial charge in [0.2, 0.25) is 0 Å². The molecule has 0 amide bonds. The minimum absolute atomic E-state index is 0.380. The van der Waals surface area contributed by atoms with Crippen LogP contribution in [0.15, 0.2) is 24.3 Å². The fraction of sp³-hybridized carbons (Fsp3) is 0.647. The summed E-state index contributed by atoms with van der Waals surface area (Å²) >= 11 is 0. The quantitative estimate of drug-likeness (QED) is 0.517. The second kappa shape index (κ2) is 10.2. The standard InChI is InChI=1S/C17H27F3O3Si/c1-4-11-21-24(22-12-5-2,23-13-6-3)14-15-7-9-16(10-8-15)17(18,19)20/h7-10H,4-6,11-14H2,1-3H3. The van der Waals surface area contributed by atoms with Crippen molar-refractivity contribution in [1.82, 2.24) is 0 Å². The average molecular weight is 364 g/mol. The van der Waals surface area contributed by atoms with Crippen LogP contribution in [-0.4, -0.2) is 28.6 Å². The van der Waals surface area contributed by atoms with Gasteiger partial charge in [0, 0.05) is 25.9 Å². The lowest BCUT2D eigenvalue weighted by molar-refractivity contribution is -0.137. The van der Waals surface area contributed by atoms with Crippen LogP contribution in [0.25, 0.3) is 0 Å². The first kappa shape index (κ1) is 21.2. The summed E-state index contributed by atoms with van der Waals surface area (Å²) in [6.07, 6.45) is -1.85. The summed E-state index contributed by atoms with van der Waals surface area (Å²) in [5.41, 5.74) is 0.0786. The fourth-order valence-electron chi connectivity index (χ4n) is 2.11. The topological polar surface area (TPSA) is 27.7 Å². The Morgan fingerprint density at radius 2 is 1.21 bits per heavy atom. The van der Waals surface area contributed by atoms with E-state index in [0.717, 1.165) is 37.0 Å². The molecule has 7 heteroatoms. The second-order valence-electron chi connectivity index (χ2n) is 5.60. The largest absolute Gasteiger partial charge is 0.505 e. The average Bonchev–Trinajstić information content (AvgIpc) is 2.56. The molecule has 0 unspecified atom stereocenters. The summed E-state index contributed by atoms with van der Waals surface area (Å²) < 4.78 is 55.9. The highest BCUT2D eigenvalue weighted by molar-refractivity contribution is 6.60. The molecule has 3 nitrogen and oxygen atoms in total. The number of hydrogen-bond acceptors (Lipinski definition) is 3. The van der Waals surface area contributed by atoms with E-state index in [1.165, 1.54) is 12.1 Å². The number of alkyl halides is 3. The van der Waals surface area contributed by atoms with Gasteiger partial charge in [0.1, 0.15) is 0 Å². The molecule has 0 bridgehead atoms. The van der Waals surface area contributed by atoms with Crippen LogP contribution in [0.5, 0.6) is 0 Å². The molecular weight excluding hydrogens is 337 g/mol. The van der Waals surface area contributed by atoms with Gasteiger partial charge >= 0.3 is 15.0 Å². The molecule has 0 saturated heterocycles. The third-order valence-corrected chi connectivity index (χ3v) is 6.05. The molecule has 138 valence electrons. The predicted molar refractivity (Wildman–Crippen MR) is 89.6 cm³/mol. The van der Waals surface area contributed by atoms with Gasteiger partial charge in [-0.15, -0.1) is 0 Å². The van der Waals surface area contributed by atoms with E-state index >= 15 is 0 Å². The smallest absolute Gasteiger partial charge is 0.373 e. The van der Waals surface area contributed by atoms with Crippen molar-refractivity contribution < 1.29 is 26.4 Å². The molecule has 0 fully saturated rings. The van der Waals surface area contributed by atoms with E-state index < -0.39 is 20.5 Å².